The largest absolute Gasteiger partial charge is 0.356 e. The summed E-state index contributed by atoms with van der Waals surface area (Å²) in [7, 11) is 3.75. The molecule has 0 saturated carbocycles. The molecule has 1 aromatic heterocycles. The van der Waals surface area contributed by atoms with Gasteiger partial charge < -0.3 is 10.6 Å². The molecule has 0 aromatic carbocycles. The van der Waals surface area contributed by atoms with Gasteiger partial charge in [0.05, 0.1) is 6.20 Å². The molecule has 102 valence electrons. The van der Waals surface area contributed by atoms with Gasteiger partial charge in [-0.3, -0.25) is 9.67 Å². The second-order valence-electron chi connectivity index (χ2n) is 4.41. The number of nitrogens with one attached hydrogen (secondary N) is 2. The molecule has 0 saturated heterocycles. The van der Waals surface area contributed by atoms with E-state index in [-0.39, 0.29) is 0 Å². The number of aromatic nitrogens is 2. The van der Waals surface area contributed by atoms with Crippen molar-refractivity contribution in [1.82, 2.24) is 20.4 Å². The number of aliphatic imine (C=N–C) groups is 1. The van der Waals surface area contributed by atoms with Crippen LogP contribution in [0.3, 0.4) is 0 Å². The van der Waals surface area contributed by atoms with Gasteiger partial charge in [-0.05, 0) is 24.8 Å². The molecule has 0 unspecified atom stereocenters. The van der Waals surface area contributed by atoms with Gasteiger partial charge in [0.25, 0.3) is 0 Å². The Hall–Kier alpha value is -1.52. The average Bonchev–Trinajstić information content (AvgIpc) is 2.78. The molecule has 1 rings (SSSR count). The Morgan fingerprint density at radius 1 is 1.33 bits per heavy atom. The lowest BCUT2D eigenvalue weighted by Gasteiger charge is -2.10. The van der Waals surface area contributed by atoms with E-state index in [9.17, 15) is 0 Å². The van der Waals surface area contributed by atoms with Crippen LogP contribution >= 0.6 is 0 Å². The van der Waals surface area contributed by atoms with Crippen LogP contribution in [0.15, 0.2) is 17.4 Å². The molecule has 0 bridgehead atoms. The maximum atomic E-state index is 4.19. The summed E-state index contributed by atoms with van der Waals surface area (Å²) in [6.45, 7) is 4.10. The molecule has 0 amide bonds. The van der Waals surface area contributed by atoms with Crippen LogP contribution in [0.4, 0.5) is 0 Å². The van der Waals surface area contributed by atoms with Crippen LogP contribution in [-0.2, 0) is 13.5 Å². The van der Waals surface area contributed by atoms with Crippen LogP contribution in [0, 0.1) is 0 Å². The second kappa shape index (κ2) is 8.55. The summed E-state index contributed by atoms with van der Waals surface area (Å²) in [6, 6.07) is 0. The van der Waals surface area contributed by atoms with Crippen molar-refractivity contribution in [3.8, 4) is 0 Å². The molecule has 2 N–H and O–H groups in total. The van der Waals surface area contributed by atoms with Gasteiger partial charge in [-0.25, -0.2) is 0 Å². The van der Waals surface area contributed by atoms with Gasteiger partial charge in [0.15, 0.2) is 5.96 Å². The summed E-state index contributed by atoms with van der Waals surface area (Å²) in [6.07, 6.45) is 8.50. The molecule has 0 radical (unpaired) electrons. The maximum Gasteiger partial charge on any atom is 0.190 e. The summed E-state index contributed by atoms with van der Waals surface area (Å²) in [4.78, 5) is 4.19. The van der Waals surface area contributed by atoms with Gasteiger partial charge in [0.1, 0.15) is 0 Å². The average molecular weight is 251 g/mol. The fourth-order valence-electron chi connectivity index (χ4n) is 1.70. The first kappa shape index (κ1) is 14.5. The van der Waals surface area contributed by atoms with Gasteiger partial charge in [-0.1, -0.05) is 13.3 Å². The zero-order valence-corrected chi connectivity index (χ0v) is 11.7. The van der Waals surface area contributed by atoms with Crippen LogP contribution in [0.25, 0.3) is 0 Å². The topological polar surface area (TPSA) is 54.2 Å². The standard InChI is InChI=1S/C13H25N5/c1-4-5-8-15-13(14-2)16-9-6-7-12-10-17-18(3)11-12/h10-11H,4-9H2,1-3H3,(H2,14,15,16). The molecule has 0 aliphatic carbocycles. The normalized spacial score (nSPS) is 11.6. The van der Waals surface area contributed by atoms with Crippen molar-refractivity contribution < 1.29 is 0 Å². The molecule has 0 aliphatic rings. The molecule has 18 heavy (non-hydrogen) atoms. The fourth-order valence-corrected chi connectivity index (χ4v) is 1.70. The lowest BCUT2D eigenvalue weighted by molar-refractivity contribution is 0.710. The van der Waals surface area contributed by atoms with Gasteiger partial charge in [-0.15, -0.1) is 0 Å². The third-order valence-electron chi connectivity index (χ3n) is 2.74. The first-order valence-corrected chi connectivity index (χ1v) is 6.68. The highest BCUT2D eigenvalue weighted by Gasteiger charge is 1.98. The number of hydrogen-bond acceptors (Lipinski definition) is 2. The number of unbranched alkanes of at least 4 members (excludes halogenated alkanes) is 1. The number of rotatable bonds is 7. The van der Waals surface area contributed by atoms with Gasteiger partial charge in [0, 0.05) is 33.4 Å². The predicted octanol–water partition coefficient (Wildman–Crippen LogP) is 1.32. The smallest absolute Gasteiger partial charge is 0.190 e. The molecule has 1 heterocycles. The second-order valence-corrected chi connectivity index (χ2v) is 4.41. The maximum absolute atomic E-state index is 4.19. The highest BCUT2D eigenvalue weighted by molar-refractivity contribution is 5.79. The Morgan fingerprint density at radius 3 is 2.61 bits per heavy atom. The van der Waals surface area contributed by atoms with Crippen LogP contribution in [-0.4, -0.2) is 35.9 Å². The van der Waals surface area contributed by atoms with E-state index in [4.69, 9.17) is 0 Å². The van der Waals surface area contributed by atoms with Gasteiger partial charge in [-0.2, -0.15) is 5.10 Å². The lowest BCUT2D eigenvalue weighted by atomic mass is 10.2. The third kappa shape index (κ3) is 5.70. The van der Waals surface area contributed by atoms with Crippen molar-refractivity contribution >= 4 is 5.96 Å². The van der Waals surface area contributed by atoms with Crippen LogP contribution < -0.4 is 10.6 Å². The Balaban J connectivity index is 2.12. The fraction of sp³-hybridized carbons (Fsp3) is 0.692. The van der Waals surface area contributed by atoms with E-state index in [0.29, 0.717) is 0 Å². The number of aryl methyl sites for hydroxylation is 2. The third-order valence-corrected chi connectivity index (χ3v) is 2.74. The molecule has 5 nitrogen and oxygen atoms in total. The van der Waals surface area contributed by atoms with E-state index in [1.54, 1.807) is 0 Å². The minimum Gasteiger partial charge on any atom is -0.356 e. The number of guanidine groups is 1. The summed E-state index contributed by atoms with van der Waals surface area (Å²) in [5.41, 5.74) is 1.29. The highest BCUT2D eigenvalue weighted by atomic mass is 15.2. The summed E-state index contributed by atoms with van der Waals surface area (Å²) in [5, 5.41) is 10.8. The van der Waals surface area contributed by atoms with Crippen molar-refractivity contribution in [3.63, 3.8) is 0 Å². The Morgan fingerprint density at radius 2 is 2.06 bits per heavy atom. The molecular formula is C13H25N5. The van der Waals surface area contributed by atoms with E-state index in [2.05, 4.69) is 33.8 Å². The van der Waals surface area contributed by atoms with Crippen molar-refractivity contribution in [3.05, 3.63) is 18.0 Å². The Kier molecular flexibility index (Phi) is 6.91. The van der Waals surface area contributed by atoms with E-state index in [1.807, 2.05) is 25.0 Å². The van der Waals surface area contributed by atoms with Crippen molar-refractivity contribution in [1.29, 1.82) is 0 Å². The minimum atomic E-state index is 0.898. The van der Waals surface area contributed by atoms with Gasteiger partial charge >= 0.3 is 0 Å². The summed E-state index contributed by atoms with van der Waals surface area (Å²) >= 11 is 0. The van der Waals surface area contributed by atoms with E-state index in [1.165, 1.54) is 18.4 Å². The van der Waals surface area contributed by atoms with Crippen molar-refractivity contribution in [2.24, 2.45) is 12.0 Å². The van der Waals surface area contributed by atoms with Crippen LogP contribution in [0.2, 0.25) is 0 Å². The summed E-state index contributed by atoms with van der Waals surface area (Å²) in [5.74, 6) is 0.898. The molecule has 0 aliphatic heterocycles. The zero-order valence-electron chi connectivity index (χ0n) is 11.7. The number of hydrogen-bond donors (Lipinski definition) is 2. The van der Waals surface area contributed by atoms with E-state index in [0.717, 1.165) is 31.9 Å². The molecule has 1 aromatic rings. The van der Waals surface area contributed by atoms with Crippen molar-refractivity contribution in [2.45, 2.75) is 32.6 Å². The van der Waals surface area contributed by atoms with Crippen molar-refractivity contribution in [2.75, 3.05) is 20.1 Å². The SMILES string of the molecule is CCCCNC(=NC)NCCCc1cnn(C)c1. The van der Waals surface area contributed by atoms with Gasteiger partial charge in [0.2, 0.25) is 0 Å². The first-order chi connectivity index (χ1) is 8.76. The molecule has 5 heteroatoms. The lowest BCUT2D eigenvalue weighted by Crippen LogP contribution is -2.38. The Bertz CT molecular complexity index is 356. The first-order valence-electron chi connectivity index (χ1n) is 6.68. The zero-order chi connectivity index (χ0) is 13.2. The van der Waals surface area contributed by atoms with Crippen LogP contribution in [0.1, 0.15) is 31.7 Å². The molecular weight excluding hydrogens is 226 g/mol. The number of nitrogens with zero attached hydrogens (tertiary/aromatic N) is 3. The molecule has 0 spiro atoms. The monoisotopic (exact) mass is 251 g/mol. The molecule has 0 atom stereocenters. The van der Waals surface area contributed by atoms with E-state index >= 15 is 0 Å². The molecule has 0 fully saturated rings. The summed E-state index contributed by atoms with van der Waals surface area (Å²) < 4.78 is 1.84. The van der Waals surface area contributed by atoms with E-state index < -0.39 is 0 Å². The Labute approximate surface area is 110 Å². The quantitative estimate of drug-likeness (QED) is 0.436. The van der Waals surface area contributed by atoms with Crippen LogP contribution in [0.5, 0.6) is 0 Å². The highest BCUT2D eigenvalue weighted by Crippen LogP contribution is 1.99. The minimum absolute atomic E-state index is 0.898. The predicted molar refractivity (Wildman–Crippen MR) is 75.8 cm³/mol.